The average Bonchev–Trinajstić information content (AvgIpc) is 2.25. The minimum atomic E-state index is -1.61. The summed E-state index contributed by atoms with van der Waals surface area (Å²) in [4.78, 5) is 25.5. The summed E-state index contributed by atoms with van der Waals surface area (Å²) in [7, 11) is 0. The van der Waals surface area contributed by atoms with E-state index in [1.54, 1.807) is 12.3 Å². The molecule has 0 saturated heterocycles. The lowest BCUT2D eigenvalue weighted by molar-refractivity contribution is -0.146. The SMILES string of the molecule is Cc1cncc(NC(=O)NCC(O)C(=O)O)c1. The number of pyridine rings is 1. The number of urea groups is 1. The number of nitrogens with one attached hydrogen (secondary N) is 2. The second kappa shape index (κ2) is 5.80. The summed E-state index contributed by atoms with van der Waals surface area (Å²) < 4.78 is 0. The van der Waals surface area contributed by atoms with Gasteiger partial charge in [0.25, 0.3) is 0 Å². The van der Waals surface area contributed by atoms with Crippen molar-refractivity contribution in [2.75, 3.05) is 11.9 Å². The van der Waals surface area contributed by atoms with Crippen molar-refractivity contribution in [1.29, 1.82) is 0 Å². The van der Waals surface area contributed by atoms with E-state index in [1.165, 1.54) is 6.20 Å². The molecule has 4 N–H and O–H groups in total. The molecule has 0 radical (unpaired) electrons. The van der Waals surface area contributed by atoms with Crippen molar-refractivity contribution in [3.05, 3.63) is 24.0 Å². The molecule has 0 aromatic carbocycles. The van der Waals surface area contributed by atoms with Gasteiger partial charge in [-0.1, -0.05) is 0 Å². The molecule has 0 aliphatic carbocycles. The number of carbonyl (C=O) groups excluding carboxylic acids is 1. The minimum Gasteiger partial charge on any atom is -0.479 e. The summed E-state index contributed by atoms with van der Waals surface area (Å²) in [5.41, 5.74) is 1.38. The molecule has 92 valence electrons. The number of hydrogen-bond acceptors (Lipinski definition) is 4. The smallest absolute Gasteiger partial charge is 0.334 e. The average molecular weight is 239 g/mol. The van der Waals surface area contributed by atoms with E-state index in [4.69, 9.17) is 10.2 Å². The molecule has 0 spiro atoms. The zero-order chi connectivity index (χ0) is 12.8. The number of nitrogens with zero attached hydrogens (tertiary/aromatic N) is 1. The maximum atomic E-state index is 11.3. The van der Waals surface area contributed by atoms with Crippen LogP contribution in [0.2, 0.25) is 0 Å². The predicted octanol–water partition coefficient (Wildman–Crippen LogP) is -0.0430. The van der Waals surface area contributed by atoms with Crippen molar-refractivity contribution in [1.82, 2.24) is 10.3 Å². The van der Waals surface area contributed by atoms with Gasteiger partial charge in [-0.2, -0.15) is 0 Å². The van der Waals surface area contributed by atoms with Gasteiger partial charge in [0.15, 0.2) is 6.10 Å². The Bertz CT molecular complexity index is 422. The first-order chi connectivity index (χ1) is 7.99. The summed E-state index contributed by atoms with van der Waals surface area (Å²) in [6.07, 6.45) is 1.48. The Balaban J connectivity index is 2.42. The van der Waals surface area contributed by atoms with Crippen LogP contribution in [-0.4, -0.2) is 39.8 Å². The van der Waals surface area contributed by atoms with E-state index in [-0.39, 0.29) is 6.54 Å². The van der Waals surface area contributed by atoms with Crippen LogP contribution in [0, 0.1) is 6.92 Å². The van der Waals surface area contributed by atoms with Crippen molar-refractivity contribution in [2.24, 2.45) is 0 Å². The molecule has 0 aliphatic heterocycles. The molecule has 0 aliphatic rings. The number of amides is 2. The molecule has 7 heteroatoms. The van der Waals surface area contributed by atoms with Gasteiger partial charge < -0.3 is 20.8 Å². The highest BCUT2D eigenvalue weighted by Gasteiger charge is 2.13. The second-order valence-electron chi connectivity index (χ2n) is 3.44. The number of aryl methyl sites for hydroxylation is 1. The van der Waals surface area contributed by atoms with Crippen molar-refractivity contribution >= 4 is 17.7 Å². The highest BCUT2D eigenvalue weighted by Crippen LogP contribution is 2.06. The summed E-state index contributed by atoms with van der Waals surface area (Å²) >= 11 is 0. The first kappa shape index (κ1) is 12.9. The van der Waals surface area contributed by atoms with Crippen LogP contribution in [0.25, 0.3) is 0 Å². The number of aliphatic carboxylic acids is 1. The molecular weight excluding hydrogens is 226 g/mol. The van der Waals surface area contributed by atoms with Gasteiger partial charge >= 0.3 is 12.0 Å². The number of aromatic nitrogens is 1. The fourth-order valence-corrected chi connectivity index (χ4v) is 1.08. The standard InChI is InChI=1S/C10H13N3O4/c1-6-2-7(4-11-3-6)13-10(17)12-5-8(14)9(15)16/h2-4,8,14H,5H2,1H3,(H,15,16)(H2,12,13,17). The van der Waals surface area contributed by atoms with Crippen LogP contribution in [0.3, 0.4) is 0 Å². The summed E-state index contributed by atoms with van der Waals surface area (Å²) in [6.45, 7) is 1.46. The zero-order valence-electron chi connectivity index (χ0n) is 9.17. The molecule has 0 saturated carbocycles. The van der Waals surface area contributed by atoms with Crippen molar-refractivity contribution < 1.29 is 19.8 Å². The number of aliphatic hydroxyl groups excluding tert-OH is 1. The van der Waals surface area contributed by atoms with E-state index in [9.17, 15) is 9.59 Å². The first-order valence-electron chi connectivity index (χ1n) is 4.86. The van der Waals surface area contributed by atoms with Crippen LogP contribution in [-0.2, 0) is 4.79 Å². The molecule has 1 heterocycles. The summed E-state index contributed by atoms with van der Waals surface area (Å²) in [5, 5.41) is 22.0. The number of anilines is 1. The highest BCUT2D eigenvalue weighted by atomic mass is 16.4. The number of rotatable bonds is 4. The van der Waals surface area contributed by atoms with Gasteiger partial charge in [0.05, 0.1) is 18.4 Å². The van der Waals surface area contributed by atoms with Crippen LogP contribution in [0.5, 0.6) is 0 Å². The lowest BCUT2D eigenvalue weighted by atomic mass is 10.3. The lowest BCUT2D eigenvalue weighted by Crippen LogP contribution is -2.38. The van der Waals surface area contributed by atoms with Crippen LogP contribution in [0.15, 0.2) is 18.5 Å². The molecule has 0 bridgehead atoms. The molecule has 1 rings (SSSR count). The van der Waals surface area contributed by atoms with Crippen LogP contribution in [0.1, 0.15) is 5.56 Å². The highest BCUT2D eigenvalue weighted by molar-refractivity contribution is 5.89. The first-order valence-corrected chi connectivity index (χ1v) is 4.86. The fourth-order valence-electron chi connectivity index (χ4n) is 1.08. The lowest BCUT2D eigenvalue weighted by Gasteiger charge is -2.09. The molecule has 1 aromatic rings. The monoisotopic (exact) mass is 239 g/mol. The number of carboxylic acids is 1. The fraction of sp³-hybridized carbons (Fsp3) is 0.300. The van der Waals surface area contributed by atoms with Gasteiger partial charge in [-0.05, 0) is 18.6 Å². The number of carboxylic acid groups (broad SMARTS) is 1. The molecule has 1 aromatic heterocycles. The van der Waals surface area contributed by atoms with Gasteiger partial charge in [0.2, 0.25) is 0 Å². The summed E-state index contributed by atoms with van der Waals surface area (Å²) in [6, 6.07) is 1.11. The topological polar surface area (TPSA) is 112 Å². The van der Waals surface area contributed by atoms with Crippen molar-refractivity contribution in [2.45, 2.75) is 13.0 Å². The third-order valence-electron chi connectivity index (χ3n) is 1.87. The Morgan fingerprint density at radius 2 is 2.18 bits per heavy atom. The number of aliphatic hydroxyl groups is 1. The minimum absolute atomic E-state index is 0.361. The van der Waals surface area contributed by atoms with E-state index >= 15 is 0 Å². The van der Waals surface area contributed by atoms with Gasteiger partial charge in [-0.25, -0.2) is 9.59 Å². The Labute approximate surface area is 97.5 Å². The Hall–Kier alpha value is -2.15. The van der Waals surface area contributed by atoms with Crippen molar-refractivity contribution in [3.8, 4) is 0 Å². The van der Waals surface area contributed by atoms with E-state index in [0.717, 1.165) is 5.56 Å². The normalized spacial score (nSPS) is 11.6. The van der Waals surface area contributed by atoms with Gasteiger partial charge in [-0.15, -0.1) is 0 Å². The number of carbonyl (C=O) groups is 2. The second-order valence-corrected chi connectivity index (χ2v) is 3.44. The largest absolute Gasteiger partial charge is 0.479 e. The molecular formula is C10H13N3O4. The van der Waals surface area contributed by atoms with E-state index < -0.39 is 18.1 Å². The van der Waals surface area contributed by atoms with Gasteiger partial charge in [-0.3, -0.25) is 4.98 Å². The third-order valence-corrected chi connectivity index (χ3v) is 1.87. The van der Waals surface area contributed by atoms with Gasteiger partial charge in [0.1, 0.15) is 0 Å². The van der Waals surface area contributed by atoms with E-state index in [1.807, 2.05) is 6.92 Å². The van der Waals surface area contributed by atoms with Crippen LogP contribution in [0.4, 0.5) is 10.5 Å². The van der Waals surface area contributed by atoms with E-state index in [0.29, 0.717) is 5.69 Å². The van der Waals surface area contributed by atoms with Crippen LogP contribution < -0.4 is 10.6 Å². The maximum Gasteiger partial charge on any atom is 0.334 e. The quantitative estimate of drug-likeness (QED) is 0.589. The van der Waals surface area contributed by atoms with E-state index in [2.05, 4.69) is 15.6 Å². The maximum absolute atomic E-state index is 11.3. The van der Waals surface area contributed by atoms with Crippen LogP contribution >= 0.6 is 0 Å². The number of hydrogen-bond donors (Lipinski definition) is 4. The molecule has 2 amide bonds. The molecule has 1 unspecified atom stereocenters. The zero-order valence-corrected chi connectivity index (χ0v) is 9.17. The summed E-state index contributed by atoms with van der Waals surface area (Å²) in [5.74, 6) is -1.39. The van der Waals surface area contributed by atoms with Gasteiger partial charge in [0, 0.05) is 6.20 Å². The molecule has 1 atom stereocenters. The Kier molecular flexibility index (Phi) is 4.41. The third kappa shape index (κ3) is 4.47. The predicted molar refractivity (Wildman–Crippen MR) is 59.6 cm³/mol. The molecule has 17 heavy (non-hydrogen) atoms. The molecule has 7 nitrogen and oxygen atoms in total. The van der Waals surface area contributed by atoms with Crippen molar-refractivity contribution in [3.63, 3.8) is 0 Å². The Morgan fingerprint density at radius 1 is 1.47 bits per heavy atom. The Morgan fingerprint density at radius 3 is 2.76 bits per heavy atom. The molecule has 0 fully saturated rings.